The molecule has 0 bridgehead atoms. The van der Waals surface area contributed by atoms with Crippen LogP contribution in [0.25, 0.3) is 0 Å². The number of aliphatic hydroxyl groups is 2. The van der Waals surface area contributed by atoms with Gasteiger partial charge in [-0.15, -0.1) is 0 Å². The number of carbonyl (C=O) groups excluding carboxylic acids is 2. The molecule has 0 heterocycles. The quantitative estimate of drug-likeness (QED) is 0.500. The van der Waals surface area contributed by atoms with Crippen LogP contribution >= 0.6 is 0 Å². The van der Waals surface area contributed by atoms with Crippen LogP contribution in [0.5, 0.6) is 0 Å². The largest absolute Gasteiger partial charge is 0.392 e. The fraction of sp³-hybridized carbons (Fsp3) is 0.517. The summed E-state index contributed by atoms with van der Waals surface area (Å²) in [6.07, 6.45) is 11.2. The van der Waals surface area contributed by atoms with E-state index in [4.69, 9.17) is 0 Å². The van der Waals surface area contributed by atoms with Crippen molar-refractivity contribution >= 4 is 11.6 Å². The van der Waals surface area contributed by atoms with E-state index in [1.54, 1.807) is 13.0 Å². The first-order valence-corrected chi connectivity index (χ1v) is 12.4. The Bertz CT molecular complexity index is 1080. The Morgan fingerprint density at radius 3 is 2.61 bits per heavy atom. The molecular weight excluding hydrogens is 412 g/mol. The van der Waals surface area contributed by atoms with Gasteiger partial charge >= 0.3 is 0 Å². The standard InChI is InChI=1S/C29H34O4/c1-18(31)19-4-6-20(7-5-19)25-17-28(2)26(12-14-29(28,33)13-3-15-30)24-10-8-21-16-22(32)9-11-23(21)27(24)25/h3-7,13,16,24-26,30,33H,8-12,14-15,17H2,1-2H3/b13-3+/t24-,25+,26-,28-,29+/m0/s1. The molecule has 0 aliphatic heterocycles. The predicted octanol–water partition coefficient (Wildman–Crippen LogP) is 5.07. The third-order valence-corrected chi connectivity index (χ3v) is 9.17. The van der Waals surface area contributed by atoms with Crippen molar-refractivity contribution in [1.29, 1.82) is 0 Å². The lowest BCUT2D eigenvalue weighted by molar-refractivity contribution is -0.114. The van der Waals surface area contributed by atoms with E-state index in [0.717, 1.165) is 32.1 Å². The molecule has 4 aliphatic carbocycles. The Hall–Kier alpha value is -2.30. The van der Waals surface area contributed by atoms with Crippen LogP contribution in [-0.4, -0.2) is 34.0 Å². The van der Waals surface area contributed by atoms with Gasteiger partial charge in [-0.1, -0.05) is 48.9 Å². The van der Waals surface area contributed by atoms with E-state index in [1.165, 1.54) is 22.3 Å². The highest BCUT2D eigenvalue weighted by Crippen LogP contribution is 2.67. The first kappa shape index (κ1) is 22.5. The minimum Gasteiger partial charge on any atom is -0.392 e. The summed E-state index contributed by atoms with van der Waals surface area (Å²) in [6, 6.07) is 8.00. The zero-order valence-corrected chi connectivity index (χ0v) is 19.6. The lowest BCUT2D eigenvalue weighted by Gasteiger charge is -2.54. The fourth-order valence-electron chi connectivity index (χ4n) is 7.47. The highest BCUT2D eigenvalue weighted by Gasteiger charge is 2.61. The van der Waals surface area contributed by atoms with E-state index in [2.05, 4.69) is 19.1 Å². The first-order chi connectivity index (χ1) is 15.8. The van der Waals surface area contributed by atoms with Gasteiger partial charge in [-0.3, -0.25) is 9.59 Å². The normalized spacial score (nSPS) is 35.8. The zero-order valence-electron chi connectivity index (χ0n) is 19.6. The number of Topliss-reactive ketones (excluding diaryl/α,β-unsaturated/α-hetero) is 1. The number of ketones is 2. The minimum atomic E-state index is -0.938. The Morgan fingerprint density at radius 1 is 1.15 bits per heavy atom. The molecule has 5 atom stereocenters. The maximum atomic E-state index is 12.2. The molecule has 2 saturated carbocycles. The van der Waals surface area contributed by atoms with Crippen molar-refractivity contribution < 1.29 is 19.8 Å². The number of hydrogen-bond acceptors (Lipinski definition) is 4. The second-order valence-electron chi connectivity index (χ2n) is 10.7. The van der Waals surface area contributed by atoms with Gasteiger partial charge in [0.1, 0.15) is 0 Å². The number of fused-ring (bicyclic) bond motifs is 4. The predicted molar refractivity (Wildman–Crippen MR) is 128 cm³/mol. The molecule has 4 nitrogen and oxygen atoms in total. The molecule has 33 heavy (non-hydrogen) atoms. The Morgan fingerprint density at radius 2 is 1.91 bits per heavy atom. The molecule has 0 spiro atoms. The maximum Gasteiger partial charge on any atom is 0.159 e. The van der Waals surface area contributed by atoms with Crippen molar-refractivity contribution in [2.75, 3.05) is 6.61 Å². The first-order valence-electron chi connectivity index (χ1n) is 12.4. The van der Waals surface area contributed by atoms with Gasteiger partial charge in [-0.05, 0) is 80.1 Å². The van der Waals surface area contributed by atoms with Gasteiger partial charge in [0.05, 0.1) is 12.2 Å². The molecule has 2 fully saturated rings. The molecule has 174 valence electrons. The van der Waals surface area contributed by atoms with E-state index in [0.29, 0.717) is 30.2 Å². The van der Waals surface area contributed by atoms with Crippen LogP contribution in [0.2, 0.25) is 0 Å². The summed E-state index contributed by atoms with van der Waals surface area (Å²) in [5.41, 5.74) is 4.74. The van der Waals surface area contributed by atoms with Gasteiger partial charge in [-0.25, -0.2) is 0 Å². The van der Waals surface area contributed by atoms with Gasteiger partial charge in [0.25, 0.3) is 0 Å². The molecule has 1 aromatic rings. The third-order valence-electron chi connectivity index (χ3n) is 9.17. The maximum absolute atomic E-state index is 12.2. The van der Waals surface area contributed by atoms with E-state index >= 15 is 0 Å². The van der Waals surface area contributed by atoms with Gasteiger partial charge < -0.3 is 10.2 Å². The van der Waals surface area contributed by atoms with E-state index in [-0.39, 0.29) is 29.5 Å². The van der Waals surface area contributed by atoms with E-state index < -0.39 is 5.60 Å². The Labute approximate surface area is 196 Å². The second-order valence-corrected chi connectivity index (χ2v) is 10.7. The molecule has 5 rings (SSSR count). The van der Waals surface area contributed by atoms with Gasteiger partial charge in [0.15, 0.2) is 11.6 Å². The van der Waals surface area contributed by atoms with Crippen LogP contribution in [0.1, 0.15) is 80.6 Å². The summed E-state index contributed by atoms with van der Waals surface area (Å²) in [5.74, 6) is 1.21. The molecule has 0 amide bonds. The molecule has 0 saturated heterocycles. The zero-order chi connectivity index (χ0) is 23.4. The minimum absolute atomic E-state index is 0.0603. The van der Waals surface area contributed by atoms with Crippen LogP contribution in [0.3, 0.4) is 0 Å². The molecule has 1 aromatic carbocycles. The highest BCUT2D eigenvalue weighted by molar-refractivity contribution is 5.94. The summed E-state index contributed by atoms with van der Waals surface area (Å²) >= 11 is 0. The van der Waals surface area contributed by atoms with E-state index in [1.807, 2.05) is 24.3 Å². The van der Waals surface area contributed by atoms with Gasteiger partial charge in [0, 0.05) is 23.3 Å². The molecular formula is C29H34O4. The van der Waals surface area contributed by atoms with E-state index in [9.17, 15) is 19.8 Å². The molecule has 4 heteroatoms. The van der Waals surface area contributed by atoms with Crippen molar-refractivity contribution in [2.24, 2.45) is 17.3 Å². The van der Waals surface area contributed by atoms with Crippen LogP contribution in [0.4, 0.5) is 0 Å². The van der Waals surface area contributed by atoms with Crippen molar-refractivity contribution in [3.05, 3.63) is 70.3 Å². The van der Waals surface area contributed by atoms with Crippen LogP contribution in [0.15, 0.2) is 59.2 Å². The monoisotopic (exact) mass is 446 g/mol. The number of benzene rings is 1. The topological polar surface area (TPSA) is 74.6 Å². The lowest BCUT2D eigenvalue weighted by Crippen LogP contribution is -2.50. The summed E-state index contributed by atoms with van der Waals surface area (Å²) in [6.45, 7) is 3.76. The fourth-order valence-corrected chi connectivity index (χ4v) is 7.47. The van der Waals surface area contributed by atoms with Crippen LogP contribution in [0, 0.1) is 17.3 Å². The van der Waals surface area contributed by atoms with Crippen molar-refractivity contribution in [2.45, 2.75) is 70.3 Å². The van der Waals surface area contributed by atoms with Crippen LogP contribution < -0.4 is 0 Å². The number of allylic oxidation sites excluding steroid dienone is 4. The average molecular weight is 447 g/mol. The van der Waals surface area contributed by atoms with Crippen molar-refractivity contribution in [3.63, 3.8) is 0 Å². The van der Waals surface area contributed by atoms with Crippen LogP contribution in [-0.2, 0) is 4.79 Å². The smallest absolute Gasteiger partial charge is 0.159 e. The average Bonchev–Trinajstić information content (AvgIpc) is 3.07. The highest BCUT2D eigenvalue weighted by atomic mass is 16.3. The molecule has 4 aliphatic rings. The number of rotatable bonds is 4. The Kier molecular flexibility index (Phi) is 5.57. The van der Waals surface area contributed by atoms with Gasteiger partial charge in [0.2, 0.25) is 0 Å². The van der Waals surface area contributed by atoms with Crippen molar-refractivity contribution in [1.82, 2.24) is 0 Å². The number of hydrogen-bond donors (Lipinski definition) is 2. The van der Waals surface area contributed by atoms with Gasteiger partial charge in [-0.2, -0.15) is 0 Å². The number of aliphatic hydroxyl groups excluding tert-OH is 1. The molecule has 0 radical (unpaired) electrons. The summed E-state index contributed by atoms with van der Waals surface area (Å²) in [7, 11) is 0. The number of carbonyl (C=O) groups is 2. The summed E-state index contributed by atoms with van der Waals surface area (Å²) < 4.78 is 0. The lowest BCUT2D eigenvalue weighted by atomic mass is 9.51. The summed E-state index contributed by atoms with van der Waals surface area (Å²) in [4.78, 5) is 24.0. The SMILES string of the molecule is CC(=O)c1ccc([C@H]2C[C@@]3(C)[C@@H](CC[C@]3(O)/C=C/CO)[C@@H]3CCC4=CC(=O)CCC4=C32)cc1. The second kappa shape index (κ2) is 8.18. The summed E-state index contributed by atoms with van der Waals surface area (Å²) in [5, 5.41) is 21.2. The van der Waals surface area contributed by atoms with Crippen molar-refractivity contribution in [3.8, 4) is 0 Å². The third kappa shape index (κ3) is 3.50. The molecule has 0 aromatic heterocycles. The molecule has 2 N–H and O–H groups in total. The Balaban J connectivity index is 1.66. The molecule has 0 unspecified atom stereocenters.